The molecule has 0 N–H and O–H groups in total. The minimum atomic E-state index is -0.505. The monoisotopic (exact) mass is 445 g/mol. The molecule has 1 unspecified atom stereocenters. The van der Waals surface area contributed by atoms with Crippen molar-refractivity contribution in [3.63, 3.8) is 0 Å². The highest BCUT2D eigenvalue weighted by molar-refractivity contribution is 5.68. The minimum Gasteiger partial charge on any atom is -0.494 e. The molecule has 3 heterocycles. The molecule has 2 saturated heterocycles. The van der Waals surface area contributed by atoms with Crippen molar-refractivity contribution in [2.24, 2.45) is 0 Å². The molecule has 0 aliphatic carbocycles. The van der Waals surface area contributed by atoms with Gasteiger partial charge in [0, 0.05) is 19.6 Å². The van der Waals surface area contributed by atoms with Gasteiger partial charge in [0.15, 0.2) is 6.23 Å². The lowest BCUT2D eigenvalue weighted by atomic mass is 10.1. The van der Waals surface area contributed by atoms with Crippen LogP contribution in [0, 0.1) is 0 Å². The van der Waals surface area contributed by atoms with E-state index in [1.807, 2.05) is 31.9 Å². The van der Waals surface area contributed by atoms with Gasteiger partial charge in [-0.2, -0.15) is 0 Å². The van der Waals surface area contributed by atoms with Gasteiger partial charge in [0.2, 0.25) is 0 Å². The van der Waals surface area contributed by atoms with Crippen LogP contribution in [-0.2, 0) is 16.0 Å². The van der Waals surface area contributed by atoms with Crippen LogP contribution in [0.2, 0.25) is 0 Å². The maximum Gasteiger partial charge on any atom is 0.412 e. The number of hydrogen-bond acceptors (Lipinski definition) is 6. The number of rotatable bonds is 7. The Morgan fingerprint density at radius 2 is 1.88 bits per heavy atom. The molecule has 0 spiro atoms. The molecule has 1 aromatic carbocycles. The first-order valence-electron chi connectivity index (χ1n) is 12.3. The maximum atomic E-state index is 12.5. The van der Waals surface area contributed by atoms with E-state index in [0.717, 1.165) is 56.8 Å². The highest BCUT2D eigenvalue weighted by Gasteiger charge is 2.35. The van der Waals surface area contributed by atoms with E-state index in [4.69, 9.17) is 14.3 Å². The van der Waals surface area contributed by atoms with E-state index < -0.39 is 5.60 Å². The van der Waals surface area contributed by atoms with Crippen LogP contribution in [0.15, 0.2) is 18.2 Å². The zero-order chi connectivity index (χ0) is 22.6. The maximum absolute atomic E-state index is 12.5. The van der Waals surface area contributed by atoms with Crippen molar-refractivity contribution in [2.75, 3.05) is 44.4 Å². The van der Waals surface area contributed by atoms with E-state index in [9.17, 15) is 4.79 Å². The molecule has 4 rings (SSSR count). The Balaban J connectivity index is 1.27. The molecule has 2 fully saturated rings. The van der Waals surface area contributed by atoms with E-state index in [-0.39, 0.29) is 12.3 Å². The summed E-state index contributed by atoms with van der Waals surface area (Å²) in [5.41, 5.74) is 1.80. The van der Waals surface area contributed by atoms with Crippen LogP contribution in [0.1, 0.15) is 64.9 Å². The van der Waals surface area contributed by atoms with Crippen LogP contribution < -0.4 is 9.80 Å². The van der Waals surface area contributed by atoms with Crippen molar-refractivity contribution >= 4 is 11.8 Å². The summed E-state index contributed by atoms with van der Waals surface area (Å²) in [6, 6.07) is 6.25. The Kier molecular flexibility index (Phi) is 7.46. The van der Waals surface area contributed by atoms with Gasteiger partial charge in [-0.25, -0.2) is 9.63 Å². The van der Waals surface area contributed by atoms with Crippen LogP contribution in [0.25, 0.3) is 0 Å². The third-order valence-electron chi connectivity index (χ3n) is 6.31. The number of likely N-dealkylation sites (tertiary alicyclic amines) is 2. The second kappa shape index (κ2) is 10.3. The van der Waals surface area contributed by atoms with E-state index >= 15 is 0 Å². The molecule has 3 aliphatic heterocycles. The molecule has 7 nitrogen and oxygen atoms in total. The fourth-order valence-corrected chi connectivity index (χ4v) is 4.73. The Morgan fingerprint density at radius 3 is 2.66 bits per heavy atom. The summed E-state index contributed by atoms with van der Waals surface area (Å²) in [6.45, 7) is 11.5. The van der Waals surface area contributed by atoms with Crippen molar-refractivity contribution in [3.8, 4) is 5.75 Å². The fraction of sp³-hybridized carbons (Fsp3) is 0.720. The van der Waals surface area contributed by atoms with Crippen molar-refractivity contribution < 1.29 is 19.1 Å². The molecule has 1 amide bonds. The topological polar surface area (TPSA) is 54.5 Å². The number of hydrogen-bond donors (Lipinski definition) is 0. The average Bonchev–Trinajstić information content (AvgIpc) is 3.38. The number of carbonyl (C=O) groups excluding carboxylic acids is 1. The molecule has 1 atom stereocenters. The fourth-order valence-electron chi connectivity index (χ4n) is 4.73. The second-order valence-corrected chi connectivity index (χ2v) is 10.1. The van der Waals surface area contributed by atoms with Gasteiger partial charge in [-0.1, -0.05) is 6.42 Å². The zero-order valence-corrected chi connectivity index (χ0v) is 20.0. The van der Waals surface area contributed by atoms with Gasteiger partial charge in [0.25, 0.3) is 0 Å². The van der Waals surface area contributed by atoms with Gasteiger partial charge in [0.05, 0.1) is 12.3 Å². The Morgan fingerprint density at radius 1 is 1.06 bits per heavy atom. The minimum absolute atomic E-state index is 0.276. The molecule has 0 aromatic heterocycles. The Bertz CT molecular complexity index is 773. The van der Waals surface area contributed by atoms with Gasteiger partial charge < -0.3 is 14.4 Å². The molecule has 0 bridgehead atoms. The number of nitrogens with zero attached hydrogens (tertiary/aromatic N) is 3. The lowest BCUT2D eigenvalue weighted by Crippen LogP contribution is -2.43. The second-order valence-electron chi connectivity index (χ2n) is 10.1. The Hall–Kier alpha value is -1.99. The van der Waals surface area contributed by atoms with Gasteiger partial charge in [-0.15, -0.1) is 0 Å². The first-order valence-corrected chi connectivity index (χ1v) is 12.3. The van der Waals surface area contributed by atoms with Crippen LogP contribution in [0.5, 0.6) is 5.75 Å². The molecule has 0 saturated carbocycles. The number of piperidine rings is 1. The third-order valence-corrected chi connectivity index (χ3v) is 6.31. The number of anilines is 1. The van der Waals surface area contributed by atoms with Crippen LogP contribution in [0.4, 0.5) is 10.5 Å². The van der Waals surface area contributed by atoms with Crippen molar-refractivity contribution in [3.05, 3.63) is 23.8 Å². The summed E-state index contributed by atoms with van der Waals surface area (Å²) in [4.78, 5) is 23.1. The highest BCUT2D eigenvalue weighted by atomic mass is 16.7. The van der Waals surface area contributed by atoms with Gasteiger partial charge in [-0.3, -0.25) is 9.96 Å². The highest BCUT2D eigenvalue weighted by Crippen LogP contribution is 2.33. The quantitative estimate of drug-likeness (QED) is 0.572. The van der Waals surface area contributed by atoms with Gasteiger partial charge in [0.1, 0.15) is 11.4 Å². The van der Waals surface area contributed by atoms with Crippen LogP contribution in [0.3, 0.4) is 0 Å². The van der Waals surface area contributed by atoms with Gasteiger partial charge >= 0.3 is 6.09 Å². The molecule has 7 heteroatoms. The first-order chi connectivity index (χ1) is 15.4. The molecule has 3 aliphatic rings. The van der Waals surface area contributed by atoms with E-state index in [0.29, 0.717) is 6.54 Å². The molecule has 1 aromatic rings. The predicted octanol–water partition coefficient (Wildman–Crippen LogP) is 4.59. The average molecular weight is 446 g/mol. The SMILES string of the molecule is CC(C)(C)OC(=O)N1CCCC1ON1CCc2cc(OCCCN3CCCCC3)ccc21. The van der Waals surface area contributed by atoms with Gasteiger partial charge in [-0.05, 0) is 96.1 Å². The summed E-state index contributed by atoms with van der Waals surface area (Å²) < 4.78 is 11.6. The lowest BCUT2D eigenvalue weighted by molar-refractivity contribution is -0.0569. The number of benzene rings is 1. The van der Waals surface area contributed by atoms with Crippen LogP contribution in [-0.4, -0.2) is 67.1 Å². The number of carbonyl (C=O) groups is 1. The summed E-state index contributed by atoms with van der Waals surface area (Å²) in [6.07, 6.45) is 7.20. The van der Waals surface area contributed by atoms with Crippen molar-refractivity contribution in [1.82, 2.24) is 9.80 Å². The predicted molar refractivity (Wildman–Crippen MR) is 125 cm³/mol. The number of fused-ring (bicyclic) bond motifs is 1. The van der Waals surface area contributed by atoms with E-state index in [1.165, 1.54) is 37.9 Å². The zero-order valence-electron chi connectivity index (χ0n) is 20.0. The number of hydroxylamine groups is 1. The van der Waals surface area contributed by atoms with E-state index in [2.05, 4.69) is 17.0 Å². The van der Waals surface area contributed by atoms with E-state index in [1.54, 1.807) is 4.90 Å². The third kappa shape index (κ3) is 6.07. The lowest BCUT2D eigenvalue weighted by Gasteiger charge is -2.31. The Labute approximate surface area is 192 Å². The standard InChI is InChI=1S/C25H39N3O4/c1-25(2,3)31-24(29)27-16-7-9-23(27)32-28-17-12-20-19-21(10-11-22(20)28)30-18-8-15-26-13-5-4-6-14-26/h10-11,19,23H,4-9,12-18H2,1-3H3. The largest absolute Gasteiger partial charge is 0.494 e. The van der Waals surface area contributed by atoms with Crippen molar-refractivity contribution in [1.29, 1.82) is 0 Å². The molecular weight excluding hydrogens is 406 g/mol. The molecule has 178 valence electrons. The van der Waals surface area contributed by atoms with Crippen molar-refractivity contribution in [2.45, 2.75) is 77.5 Å². The molecule has 0 radical (unpaired) electrons. The summed E-state index contributed by atoms with van der Waals surface area (Å²) in [5.74, 6) is 0.931. The first kappa shape index (κ1) is 23.2. The normalized spacial score (nSPS) is 21.7. The summed E-state index contributed by atoms with van der Waals surface area (Å²) >= 11 is 0. The number of ether oxygens (including phenoxy) is 2. The molecule has 32 heavy (non-hydrogen) atoms. The number of amides is 1. The summed E-state index contributed by atoms with van der Waals surface area (Å²) in [7, 11) is 0. The summed E-state index contributed by atoms with van der Waals surface area (Å²) in [5, 5.41) is 1.93. The van der Waals surface area contributed by atoms with Crippen LogP contribution >= 0.6 is 0 Å². The smallest absolute Gasteiger partial charge is 0.412 e. The molecular formula is C25H39N3O4.